The molecule has 0 N–H and O–H groups in total. The number of esters is 1. The fourth-order valence-corrected chi connectivity index (χ4v) is 1.96. The summed E-state index contributed by atoms with van der Waals surface area (Å²) in [6.45, 7) is 1.99. The van der Waals surface area contributed by atoms with Gasteiger partial charge in [0.25, 0.3) is 0 Å². The first kappa shape index (κ1) is 20.0. The fraction of sp³-hybridized carbons (Fsp3) is 0.812. The Balaban J connectivity index is 3.20. The molecule has 0 saturated heterocycles. The lowest BCUT2D eigenvalue weighted by molar-refractivity contribution is -0.199. The van der Waals surface area contributed by atoms with E-state index < -0.39 is 12.1 Å². The molecule has 0 heterocycles. The van der Waals surface area contributed by atoms with Crippen LogP contribution in [-0.4, -0.2) is 18.8 Å². The molecule has 2 nitrogen and oxygen atoms in total. The first-order valence-corrected chi connectivity index (χ1v) is 7.87. The van der Waals surface area contributed by atoms with Crippen LogP contribution >= 0.6 is 0 Å². The van der Waals surface area contributed by atoms with Gasteiger partial charge in [-0.05, 0) is 25.7 Å². The van der Waals surface area contributed by atoms with Gasteiger partial charge >= 0.3 is 12.1 Å². The summed E-state index contributed by atoms with van der Waals surface area (Å²) in [6, 6.07) is 0. The van der Waals surface area contributed by atoms with Crippen LogP contribution in [0.3, 0.4) is 0 Å². The quantitative estimate of drug-likeness (QED) is 0.268. The van der Waals surface area contributed by atoms with E-state index in [-0.39, 0.29) is 6.61 Å². The third-order valence-corrected chi connectivity index (χ3v) is 3.13. The summed E-state index contributed by atoms with van der Waals surface area (Å²) in [5, 5.41) is 0. The number of carbonyl (C=O) groups is 1. The predicted octanol–water partition coefficient (Wildman–Crippen LogP) is 5.57. The molecule has 0 aromatic heterocycles. The van der Waals surface area contributed by atoms with Gasteiger partial charge < -0.3 is 4.74 Å². The number of halogens is 3. The minimum Gasteiger partial charge on any atom is -0.459 e. The van der Waals surface area contributed by atoms with Gasteiger partial charge in [-0.2, -0.15) is 13.2 Å². The van der Waals surface area contributed by atoms with E-state index in [0.717, 1.165) is 32.1 Å². The predicted molar refractivity (Wildman–Crippen MR) is 78.0 cm³/mol. The van der Waals surface area contributed by atoms with Gasteiger partial charge in [-0.15, -0.1) is 0 Å². The van der Waals surface area contributed by atoms with E-state index in [4.69, 9.17) is 0 Å². The second kappa shape index (κ2) is 12.7. The van der Waals surface area contributed by atoms with Crippen molar-refractivity contribution < 1.29 is 22.7 Å². The largest absolute Gasteiger partial charge is 0.490 e. The molecule has 124 valence electrons. The van der Waals surface area contributed by atoms with Crippen LogP contribution in [0.1, 0.15) is 71.1 Å². The highest BCUT2D eigenvalue weighted by Crippen LogP contribution is 2.17. The lowest BCUT2D eigenvalue weighted by Gasteiger charge is -2.06. The van der Waals surface area contributed by atoms with Crippen LogP contribution in [-0.2, 0) is 9.53 Å². The average Bonchev–Trinajstić information content (AvgIpc) is 2.42. The van der Waals surface area contributed by atoms with Crippen LogP contribution < -0.4 is 0 Å². The summed E-state index contributed by atoms with van der Waals surface area (Å²) in [5.41, 5.74) is 0. The molecular formula is C16H27F3O2. The van der Waals surface area contributed by atoms with Gasteiger partial charge in [-0.25, -0.2) is 4.79 Å². The van der Waals surface area contributed by atoms with Crippen molar-refractivity contribution in [1.29, 1.82) is 0 Å². The van der Waals surface area contributed by atoms with Crippen LogP contribution in [0.2, 0.25) is 0 Å². The van der Waals surface area contributed by atoms with E-state index >= 15 is 0 Å². The third-order valence-electron chi connectivity index (χ3n) is 3.13. The Morgan fingerprint density at radius 3 is 1.95 bits per heavy atom. The Morgan fingerprint density at radius 1 is 0.905 bits per heavy atom. The average molecular weight is 308 g/mol. The van der Waals surface area contributed by atoms with Crippen molar-refractivity contribution in [3.05, 3.63) is 12.2 Å². The zero-order valence-electron chi connectivity index (χ0n) is 12.9. The minimum atomic E-state index is -4.87. The lowest BCUT2D eigenvalue weighted by Crippen LogP contribution is -2.25. The summed E-state index contributed by atoms with van der Waals surface area (Å²) in [5.74, 6) is -2.08. The van der Waals surface area contributed by atoms with Crippen molar-refractivity contribution in [1.82, 2.24) is 0 Å². The number of alkyl halides is 3. The van der Waals surface area contributed by atoms with Crippen molar-refractivity contribution >= 4 is 5.97 Å². The molecule has 0 bridgehead atoms. The first-order valence-electron chi connectivity index (χ1n) is 7.87. The molecule has 5 heteroatoms. The van der Waals surface area contributed by atoms with Gasteiger partial charge in [-0.3, -0.25) is 0 Å². The zero-order valence-corrected chi connectivity index (χ0v) is 12.9. The topological polar surface area (TPSA) is 26.3 Å². The molecular weight excluding hydrogens is 281 g/mol. The highest BCUT2D eigenvalue weighted by molar-refractivity contribution is 5.75. The zero-order chi connectivity index (χ0) is 16.0. The number of carbonyl (C=O) groups excluding carboxylic acids is 1. The van der Waals surface area contributed by atoms with Gasteiger partial charge in [0, 0.05) is 0 Å². The van der Waals surface area contributed by atoms with Crippen LogP contribution in [0.5, 0.6) is 0 Å². The highest BCUT2D eigenvalue weighted by Gasteiger charge is 2.40. The molecule has 0 unspecified atom stereocenters. The fourth-order valence-electron chi connectivity index (χ4n) is 1.96. The summed E-state index contributed by atoms with van der Waals surface area (Å²) >= 11 is 0. The summed E-state index contributed by atoms with van der Waals surface area (Å²) < 4.78 is 39.6. The molecule has 0 aromatic carbocycles. The van der Waals surface area contributed by atoms with E-state index in [1.54, 1.807) is 0 Å². The molecule has 0 aliphatic heterocycles. The van der Waals surface area contributed by atoms with E-state index in [1.165, 1.54) is 25.7 Å². The van der Waals surface area contributed by atoms with E-state index in [0.29, 0.717) is 6.42 Å². The maximum Gasteiger partial charge on any atom is 0.490 e. The van der Waals surface area contributed by atoms with Crippen molar-refractivity contribution in [3.8, 4) is 0 Å². The van der Waals surface area contributed by atoms with Gasteiger partial charge in [0.1, 0.15) is 0 Å². The van der Waals surface area contributed by atoms with Crippen molar-refractivity contribution in [2.24, 2.45) is 0 Å². The Kier molecular flexibility index (Phi) is 12.1. The number of allylic oxidation sites excluding steroid dienone is 2. The van der Waals surface area contributed by atoms with Crippen LogP contribution in [0.4, 0.5) is 13.2 Å². The van der Waals surface area contributed by atoms with Gasteiger partial charge in [0.15, 0.2) is 0 Å². The van der Waals surface area contributed by atoms with Gasteiger partial charge in [0.2, 0.25) is 0 Å². The van der Waals surface area contributed by atoms with Crippen LogP contribution in [0, 0.1) is 0 Å². The smallest absolute Gasteiger partial charge is 0.459 e. The Morgan fingerprint density at radius 2 is 1.43 bits per heavy atom. The number of hydrogen-bond acceptors (Lipinski definition) is 2. The SMILES string of the molecule is CC/C=C/CCCCCCCCCCOC(=O)C(F)(F)F. The molecule has 0 rings (SSSR count). The van der Waals surface area contributed by atoms with Gasteiger partial charge in [-0.1, -0.05) is 57.6 Å². The molecule has 0 spiro atoms. The molecule has 0 radical (unpaired) electrons. The molecule has 0 aliphatic rings. The minimum absolute atomic E-state index is 0.137. The maximum absolute atomic E-state index is 11.8. The molecule has 0 amide bonds. The summed E-state index contributed by atoms with van der Waals surface area (Å²) in [7, 11) is 0. The molecule has 0 fully saturated rings. The van der Waals surface area contributed by atoms with Crippen molar-refractivity contribution in [3.63, 3.8) is 0 Å². The maximum atomic E-state index is 11.8. The summed E-state index contributed by atoms with van der Waals surface area (Å²) in [4.78, 5) is 10.4. The summed E-state index contributed by atoms with van der Waals surface area (Å²) in [6.07, 6.45) is 10.0. The number of ether oxygens (including phenoxy) is 1. The monoisotopic (exact) mass is 308 g/mol. The second-order valence-corrected chi connectivity index (χ2v) is 5.13. The standard InChI is InChI=1S/C16H27F3O2/c1-2-3-4-5-6-7-8-9-10-11-12-13-14-21-15(20)16(17,18)19/h3-4H,2,5-14H2,1H3/b4-3+. The normalized spacial score (nSPS) is 12.0. The Bertz CT molecular complexity index is 286. The molecule has 0 aromatic rings. The molecule has 0 saturated carbocycles. The Hall–Kier alpha value is -1.00. The first-order chi connectivity index (χ1) is 9.98. The van der Waals surface area contributed by atoms with E-state index in [1.807, 2.05) is 0 Å². The number of hydrogen-bond donors (Lipinski definition) is 0. The van der Waals surface area contributed by atoms with E-state index in [2.05, 4.69) is 23.8 Å². The van der Waals surface area contributed by atoms with E-state index in [9.17, 15) is 18.0 Å². The number of unbranched alkanes of at least 4 members (excludes halogenated alkanes) is 8. The lowest BCUT2D eigenvalue weighted by atomic mass is 10.1. The van der Waals surface area contributed by atoms with Crippen molar-refractivity contribution in [2.75, 3.05) is 6.61 Å². The van der Waals surface area contributed by atoms with Gasteiger partial charge in [0.05, 0.1) is 6.61 Å². The highest BCUT2D eigenvalue weighted by atomic mass is 19.4. The number of rotatable bonds is 12. The molecule has 0 atom stereocenters. The molecule has 0 aliphatic carbocycles. The van der Waals surface area contributed by atoms with Crippen LogP contribution in [0.25, 0.3) is 0 Å². The van der Waals surface area contributed by atoms with Crippen LogP contribution in [0.15, 0.2) is 12.2 Å². The third kappa shape index (κ3) is 13.7. The second-order valence-electron chi connectivity index (χ2n) is 5.13. The van der Waals surface area contributed by atoms with Crippen molar-refractivity contribution in [2.45, 2.75) is 77.3 Å². The Labute approximate surface area is 125 Å². The molecule has 21 heavy (non-hydrogen) atoms.